The molecule has 0 aliphatic carbocycles. The molecule has 0 bridgehead atoms. The number of aliphatic imine (C=N–C) groups is 1. The Bertz CT molecular complexity index is 807. The number of nitrogens with one attached hydrogen (secondary N) is 1. The van der Waals surface area contributed by atoms with Crippen molar-refractivity contribution in [1.82, 2.24) is 20.7 Å². The Balaban J connectivity index is 1.91. The molecule has 3 aromatic rings. The highest BCUT2D eigenvalue weighted by molar-refractivity contribution is 8.01. The van der Waals surface area contributed by atoms with Crippen molar-refractivity contribution in [3.8, 4) is 0 Å². The van der Waals surface area contributed by atoms with Gasteiger partial charge in [0.1, 0.15) is 6.34 Å². The molecule has 0 saturated carbocycles. The highest BCUT2D eigenvalue weighted by atomic mass is 35.5. The summed E-state index contributed by atoms with van der Waals surface area (Å²) in [6.07, 6.45) is 2.87. The number of halogens is 1. The number of hydrogen-bond acceptors (Lipinski definition) is 7. The van der Waals surface area contributed by atoms with Crippen LogP contribution in [0.4, 0.5) is 5.13 Å². The molecule has 0 amide bonds. The summed E-state index contributed by atoms with van der Waals surface area (Å²) in [5.41, 5.74) is 2.66. The quantitative estimate of drug-likeness (QED) is 0.430. The lowest BCUT2D eigenvalue weighted by atomic mass is 10.2. The first-order valence-corrected chi connectivity index (χ1v) is 7.75. The van der Waals surface area contributed by atoms with E-state index < -0.39 is 0 Å². The SMILES string of the molecule is ON/C=N/c1nnc(Sc2ccnc3cc(Cl)ccc23)s1. The number of nitrogens with zero attached hydrogens (tertiary/aromatic N) is 4. The summed E-state index contributed by atoms with van der Waals surface area (Å²) < 4.78 is 0.752. The summed E-state index contributed by atoms with van der Waals surface area (Å²) in [7, 11) is 0. The average Bonchev–Trinajstić information content (AvgIpc) is 2.92. The van der Waals surface area contributed by atoms with Crippen molar-refractivity contribution in [2.45, 2.75) is 9.24 Å². The number of hydroxylamine groups is 1. The van der Waals surface area contributed by atoms with E-state index in [0.717, 1.165) is 26.5 Å². The van der Waals surface area contributed by atoms with Crippen LogP contribution in [0.5, 0.6) is 0 Å². The van der Waals surface area contributed by atoms with Crippen LogP contribution in [0.15, 0.2) is 44.7 Å². The molecule has 3 rings (SSSR count). The van der Waals surface area contributed by atoms with Crippen LogP contribution in [0.1, 0.15) is 0 Å². The topological polar surface area (TPSA) is 83.3 Å². The summed E-state index contributed by atoms with van der Waals surface area (Å²) in [5, 5.41) is 18.5. The van der Waals surface area contributed by atoms with Crippen LogP contribution in [0, 0.1) is 0 Å². The van der Waals surface area contributed by atoms with Crippen molar-refractivity contribution in [2.75, 3.05) is 0 Å². The molecule has 21 heavy (non-hydrogen) atoms. The zero-order valence-corrected chi connectivity index (χ0v) is 12.8. The molecular formula is C12H8ClN5OS2. The van der Waals surface area contributed by atoms with Gasteiger partial charge in [-0.15, -0.1) is 10.2 Å². The monoisotopic (exact) mass is 337 g/mol. The molecule has 0 radical (unpaired) electrons. The van der Waals surface area contributed by atoms with E-state index >= 15 is 0 Å². The predicted octanol–water partition coefficient (Wildman–Crippen LogP) is 3.53. The Morgan fingerprint density at radius 1 is 1.33 bits per heavy atom. The Kier molecular flexibility index (Phi) is 4.30. The first-order valence-electron chi connectivity index (χ1n) is 5.74. The second-order valence-corrected chi connectivity index (χ2v) is 6.49. The lowest BCUT2D eigenvalue weighted by Gasteiger charge is -2.03. The Hall–Kier alpha value is -1.74. The molecule has 106 valence electrons. The third-order valence-corrected chi connectivity index (χ3v) is 4.68. The van der Waals surface area contributed by atoms with Crippen molar-refractivity contribution in [2.24, 2.45) is 4.99 Å². The second kappa shape index (κ2) is 6.35. The van der Waals surface area contributed by atoms with Gasteiger partial charge in [0.05, 0.1) is 5.52 Å². The number of aromatic nitrogens is 3. The Morgan fingerprint density at radius 3 is 3.10 bits per heavy atom. The van der Waals surface area contributed by atoms with Crippen LogP contribution in [0.25, 0.3) is 10.9 Å². The molecule has 1 aromatic carbocycles. The van der Waals surface area contributed by atoms with Crippen LogP contribution in [0.2, 0.25) is 5.02 Å². The van der Waals surface area contributed by atoms with Gasteiger partial charge in [-0.25, -0.2) is 4.99 Å². The van der Waals surface area contributed by atoms with Crippen LogP contribution < -0.4 is 5.48 Å². The van der Waals surface area contributed by atoms with Gasteiger partial charge in [0.2, 0.25) is 5.13 Å². The van der Waals surface area contributed by atoms with Gasteiger partial charge in [-0.3, -0.25) is 15.7 Å². The van der Waals surface area contributed by atoms with E-state index in [-0.39, 0.29) is 0 Å². The summed E-state index contributed by atoms with van der Waals surface area (Å²) in [6.45, 7) is 0. The van der Waals surface area contributed by atoms with E-state index in [4.69, 9.17) is 16.8 Å². The van der Waals surface area contributed by atoms with Gasteiger partial charge in [-0.1, -0.05) is 40.8 Å². The maximum Gasteiger partial charge on any atom is 0.233 e. The Morgan fingerprint density at radius 2 is 2.24 bits per heavy atom. The standard InChI is InChI=1S/C12H8ClN5OS2/c13-7-1-2-8-9(5-7)14-4-3-10(8)20-12-18-17-11(21-12)15-6-16-19/h1-6,19H,(H,15,16,17). The molecule has 6 nitrogen and oxygen atoms in total. The third-order valence-electron chi connectivity index (χ3n) is 2.49. The van der Waals surface area contributed by atoms with Crippen molar-refractivity contribution >= 4 is 57.1 Å². The molecule has 0 spiro atoms. The maximum atomic E-state index is 8.44. The van der Waals surface area contributed by atoms with Crippen molar-refractivity contribution in [1.29, 1.82) is 0 Å². The number of rotatable bonds is 4. The average molecular weight is 338 g/mol. The van der Waals surface area contributed by atoms with Crippen LogP contribution >= 0.6 is 34.7 Å². The molecule has 0 saturated heterocycles. The van der Waals surface area contributed by atoms with Crippen LogP contribution in [-0.4, -0.2) is 26.7 Å². The Labute approximate surface area is 132 Å². The molecule has 0 atom stereocenters. The zero-order chi connectivity index (χ0) is 14.7. The van der Waals surface area contributed by atoms with Crippen molar-refractivity contribution < 1.29 is 5.21 Å². The fraction of sp³-hybridized carbons (Fsp3) is 0. The van der Waals surface area contributed by atoms with Gasteiger partial charge in [-0.2, -0.15) is 0 Å². The molecule has 2 N–H and O–H groups in total. The smallest absolute Gasteiger partial charge is 0.233 e. The minimum Gasteiger partial charge on any atom is -0.290 e. The summed E-state index contributed by atoms with van der Waals surface area (Å²) >= 11 is 8.78. The molecule has 2 heterocycles. The van der Waals surface area contributed by atoms with Crippen molar-refractivity contribution in [3.05, 3.63) is 35.5 Å². The highest BCUT2D eigenvalue weighted by Gasteiger charge is 2.09. The minimum absolute atomic E-state index is 0.459. The summed E-state index contributed by atoms with van der Waals surface area (Å²) in [5.74, 6) is 0. The fourth-order valence-corrected chi connectivity index (χ4v) is 3.59. The van der Waals surface area contributed by atoms with Crippen molar-refractivity contribution in [3.63, 3.8) is 0 Å². The molecule has 0 fully saturated rings. The third kappa shape index (κ3) is 3.30. The number of fused-ring (bicyclic) bond motifs is 1. The molecule has 0 aliphatic heterocycles. The zero-order valence-electron chi connectivity index (χ0n) is 10.4. The number of pyridine rings is 1. The first-order chi connectivity index (χ1) is 10.3. The van der Waals surface area contributed by atoms with Gasteiger partial charge < -0.3 is 0 Å². The maximum absolute atomic E-state index is 8.44. The van der Waals surface area contributed by atoms with E-state index in [0.29, 0.717) is 10.2 Å². The summed E-state index contributed by atoms with van der Waals surface area (Å²) in [4.78, 5) is 9.19. The van der Waals surface area contributed by atoms with Gasteiger partial charge in [-0.05, 0) is 18.2 Å². The van der Waals surface area contributed by atoms with E-state index in [9.17, 15) is 0 Å². The van der Waals surface area contributed by atoms with Crippen LogP contribution in [0.3, 0.4) is 0 Å². The highest BCUT2D eigenvalue weighted by Crippen LogP contribution is 2.36. The molecule has 9 heteroatoms. The van der Waals surface area contributed by atoms with Gasteiger partial charge in [0.25, 0.3) is 0 Å². The first kappa shape index (κ1) is 14.2. The van der Waals surface area contributed by atoms with E-state index in [1.807, 2.05) is 29.7 Å². The van der Waals surface area contributed by atoms with Gasteiger partial charge in [0, 0.05) is 21.5 Å². The summed E-state index contributed by atoms with van der Waals surface area (Å²) in [6, 6.07) is 7.51. The van der Waals surface area contributed by atoms with E-state index in [2.05, 4.69) is 20.2 Å². The normalized spacial score (nSPS) is 11.3. The number of benzene rings is 1. The largest absolute Gasteiger partial charge is 0.290 e. The molecule has 0 aliphatic rings. The minimum atomic E-state index is 0.459. The number of hydrogen-bond donors (Lipinski definition) is 2. The van der Waals surface area contributed by atoms with Gasteiger partial charge >= 0.3 is 0 Å². The molecule has 2 aromatic heterocycles. The van der Waals surface area contributed by atoms with E-state index in [1.165, 1.54) is 23.1 Å². The molecular weight excluding hydrogens is 330 g/mol. The second-order valence-electron chi connectivity index (χ2n) is 3.81. The van der Waals surface area contributed by atoms with Gasteiger partial charge in [0.15, 0.2) is 4.34 Å². The lowest BCUT2D eigenvalue weighted by Crippen LogP contribution is -2.00. The molecule has 0 unspecified atom stereocenters. The fourth-order valence-electron chi connectivity index (χ4n) is 1.66. The van der Waals surface area contributed by atoms with E-state index in [1.54, 1.807) is 6.20 Å². The predicted molar refractivity (Wildman–Crippen MR) is 83.9 cm³/mol. The van der Waals surface area contributed by atoms with Crippen LogP contribution in [-0.2, 0) is 0 Å². The lowest BCUT2D eigenvalue weighted by molar-refractivity contribution is 0.240.